The molecule has 0 aliphatic rings. The van der Waals surface area contributed by atoms with Crippen LogP contribution in [0.5, 0.6) is 0 Å². The van der Waals surface area contributed by atoms with Crippen LogP contribution >= 0.6 is 0 Å². The highest BCUT2D eigenvalue weighted by Crippen LogP contribution is 2.14. The molecular formula is C10H16N4O. The van der Waals surface area contributed by atoms with Crippen molar-refractivity contribution < 1.29 is 0 Å². The second-order valence-electron chi connectivity index (χ2n) is 3.69. The molecule has 0 N–H and O–H groups in total. The highest BCUT2D eigenvalue weighted by molar-refractivity contribution is 5.46. The molecule has 0 spiro atoms. The van der Waals surface area contributed by atoms with Crippen LogP contribution in [0, 0.1) is 4.91 Å². The molecule has 0 fully saturated rings. The van der Waals surface area contributed by atoms with E-state index in [1.807, 2.05) is 27.2 Å². The van der Waals surface area contributed by atoms with E-state index < -0.39 is 0 Å². The Morgan fingerprint density at radius 3 is 2.47 bits per heavy atom. The number of aromatic nitrogens is 1. The summed E-state index contributed by atoms with van der Waals surface area (Å²) in [5, 5.41) is 2.76. The van der Waals surface area contributed by atoms with E-state index in [1.54, 1.807) is 12.3 Å². The fourth-order valence-corrected chi connectivity index (χ4v) is 1.14. The zero-order chi connectivity index (χ0) is 11.3. The lowest BCUT2D eigenvalue weighted by molar-refractivity contribution is 0.416. The van der Waals surface area contributed by atoms with Crippen LogP contribution < -0.4 is 4.90 Å². The number of rotatable bonds is 5. The molecule has 0 saturated carbocycles. The Morgan fingerprint density at radius 2 is 2.00 bits per heavy atom. The van der Waals surface area contributed by atoms with Gasteiger partial charge in [0.1, 0.15) is 0 Å². The Balaban J connectivity index is 2.57. The van der Waals surface area contributed by atoms with E-state index in [0.29, 0.717) is 0 Å². The average Bonchev–Trinajstić information content (AvgIpc) is 2.26. The minimum Gasteiger partial charge on any atom is -0.372 e. The van der Waals surface area contributed by atoms with Crippen molar-refractivity contribution >= 4 is 11.5 Å². The highest BCUT2D eigenvalue weighted by atomic mass is 16.3. The van der Waals surface area contributed by atoms with Gasteiger partial charge in [0.25, 0.3) is 0 Å². The minimum absolute atomic E-state index is 0.222. The fraction of sp³-hybridized carbons (Fsp3) is 0.500. The van der Waals surface area contributed by atoms with Crippen LogP contribution in [0.4, 0.5) is 11.5 Å². The summed E-state index contributed by atoms with van der Waals surface area (Å²) in [4.78, 5) is 18.3. The van der Waals surface area contributed by atoms with Gasteiger partial charge in [0, 0.05) is 20.1 Å². The van der Waals surface area contributed by atoms with Crippen molar-refractivity contribution in [3.05, 3.63) is 23.2 Å². The number of pyridine rings is 1. The summed E-state index contributed by atoms with van der Waals surface area (Å²) in [5.41, 5.74) is 0.990. The lowest BCUT2D eigenvalue weighted by atomic mass is 10.3. The van der Waals surface area contributed by atoms with Gasteiger partial charge in [0.05, 0.1) is 11.9 Å². The number of anilines is 1. The zero-order valence-corrected chi connectivity index (χ0v) is 9.34. The smallest absolute Gasteiger partial charge is 0.196 e. The van der Waals surface area contributed by atoms with Crippen molar-refractivity contribution in [2.24, 2.45) is 5.18 Å². The van der Waals surface area contributed by atoms with Gasteiger partial charge in [-0.25, -0.2) is 4.98 Å². The van der Waals surface area contributed by atoms with Crippen molar-refractivity contribution in [1.82, 2.24) is 9.88 Å². The summed E-state index contributed by atoms with van der Waals surface area (Å²) < 4.78 is 0. The van der Waals surface area contributed by atoms with Gasteiger partial charge in [-0.15, -0.1) is 4.91 Å². The molecule has 15 heavy (non-hydrogen) atoms. The number of nitrogens with zero attached hydrogens (tertiary/aromatic N) is 4. The van der Waals surface area contributed by atoms with Gasteiger partial charge in [-0.1, -0.05) is 0 Å². The molecule has 0 unspecified atom stereocenters. The van der Waals surface area contributed by atoms with Gasteiger partial charge in [-0.2, -0.15) is 0 Å². The van der Waals surface area contributed by atoms with E-state index in [2.05, 4.69) is 20.0 Å². The summed E-state index contributed by atoms with van der Waals surface area (Å²) in [6, 6.07) is 3.47. The van der Waals surface area contributed by atoms with E-state index >= 15 is 0 Å². The van der Waals surface area contributed by atoms with Gasteiger partial charge in [0.15, 0.2) is 5.82 Å². The maximum Gasteiger partial charge on any atom is 0.196 e. The normalized spacial score (nSPS) is 10.4. The van der Waals surface area contributed by atoms with E-state index in [9.17, 15) is 4.91 Å². The topological polar surface area (TPSA) is 48.8 Å². The number of hydrogen-bond acceptors (Lipinski definition) is 5. The van der Waals surface area contributed by atoms with Crippen LogP contribution in [0.15, 0.2) is 23.5 Å². The molecule has 0 radical (unpaired) electrons. The third-order valence-electron chi connectivity index (χ3n) is 2.15. The van der Waals surface area contributed by atoms with Crippen LogP contribution in [-0.4, -0.2) is 44.1 Å². The first-order chi connectivity index (χ1) is 7.13. The minimum atomic E-state index is 0.222. The molecule has 82 valence electrons. The van der Waals surface area contributed by atoms with E-state index in [4.69, 9.17) is 0 Å². The largest absolute Gasteiger partial charge is 0.372 e. The predicted octanol–water partition coefficient (Wildman–Crippen LogP) is 1.48. The molecule has 5 heteroatoms. The second-order valence-corrected chi connectivity index (χ2v) is 3.69. The van der Waals surface area contributed by atoms with Crippen LogP contribution in [0.2, 0.25) is 0 Å². The summed E-state index contributed by atoms with van der Waals surface area (Å²) in [6.45, 7) is 1.90. The number of nitroso groups, excluding NO2 is 1. The summed E-state index contributed by atoms with van der Waals surface area (Å²) in [7, 11) is 6.06. The molecule has 0 aromatic carbocycles. The van der Waals surface area contributed by atoms with Crippen molar-refractivity contribution in [3.8, 4) is 0 Å². The standard InChI is InChI=1S/C10H16N4O/c1-13(2)6-7-14(3)9-4-5-10(12-15)11-8-9/h4-5,8H,6-7H2,1-3H3. The van der Waals surface area contributed by atoms with Gasteiger partial charge in [-0.05, 0) is 31.4 Å². The van der Waals surface area contributed by atoms with E-state index in [-0.39, 0.29) is 5.82 Å². The summed E-state index contributed by atoms with van der Waals surface area (Å²) in [6.07, 6.45) is 1.66. The fourth-order valence-electron chi connectivity index (χ4n) is 1.14. The third kappa shape index (κ3) is 3.63. The Kier molecular flexibility index (Phi) is 4.17. The van der Waals surface area contributed by atoms with Gasteiger partial charge in [0.2, 0.25) is 0 Å². The van der Waals surface area contributed by atoms with Crippen LogP contribution in [0.3, 0.4) is 0 Å². The van der Waals surface area contributed by atoms with Crippen LogP contribution in [-0.2, 0) is 0 Å². The van der Waals surface area contributed by atoms with Gasteiger partial charge >= 0.3 is 0 Å². The third-order valence-corrected chi connectivity index (χ3v) is 2.15. The SMILES string of the molecule is CN(C)CCN(C)c1ccc(N=O)nc1. The molecule has 0 bridgehead atoms. The maximum atomic E-state index is 10.2. The second kappa shape index (κ2) is 5.41. The monoisotopic (exact) mass is 208 g/mol. The maximum absolute atomic E-state index is 10.2. The molecule has 0 aliphatic carbocycles. The Bertz CT molecular complexity index is 310. The van der Waals surface area contributed by atoms with Crippen LogP contribution in [0.25, 0.3) is 0 Å². The van der Waals surface area contributed by atoms with Crippen molar-refractivity contribution in [3.63, 3.8) is 0 Å². The molecule has 0 amide bonds. The van der Waals surface area contributed by atoms with Crippen molar-refractivity contribution in [2.45, 2.75) is 0 Å². The highest BCUT2D eigenvalue weighted by Gasteiger charge is 2.02. The zero-order valence-electron chi connectivity index (χ0n) is 9.34. The van der Waals surface area contributed by atoms with Gasteiger partial charge in [-0.3, -0.25) is 0 Å². The van der Waals surface area contributed by atoms with E-state index in [0.717, 1.165) is 18.8 Å². The Hall–Kier alpha value is -1.49. The van der Waals surface area contributed by atoms with Crippen molar-refractivity contribution in [1.29, 1.82) is 0 Å². The van der Waals surface area contributed by atoms with E-state index in [1.165, 1.54) is 0 Å². The Morgan fingerprint density at radius 1 is 1.27 bits per heavy atom. The Labute approximate surface area is 89.7 Å². The molecule has 1 aromatic rings. The summed E-state index contributed by atoms with van der Waals surface area (Å²) >= 11 is 0. The summed E-state index contributed by atoms with van der Waals surface area (Å²) in [5.74, 6) is 0.222. The molecule has 1 aromatic heterocycles. The van der Waals surface area contributed by atoms with Crippen LogP contribution in [0.1, 0.15) is 0 Å². The first kappa shape index (κ1) is 11.6. The predicted molar refractivity (Wildman–Crippen MR) is 61.5 cm³/mol. The molecular weight excluding hydrogens is 192 g/mol. The molecule has 1 heterocycles. The van der Waals surface area contributed by atoms with Gasteiger partial charge < -0.3 is 9.80 Å². The molecule has 1 rings (SSSR count). The molecule has 5 nitrogen and oxygen atoms in total. The quantitative estimate of drug-likeness (QED) is 0.688. The average molecular weight is 208 g/mol. The molecule has 0 atom stereocenters. The lowest BCUT2D eigenvalue weighted by Crippen LogP contribution is -2.28. The number of hydrogen-bond donors (Lipinski definition) is 0. The first-order valence-electron chi connectivity index (χ1n) is 4.79. The lowest BCUT2D eigenvalue weighted by Gasteiger charge is -2.20. The first-order valence-corrected chi connectivity index (χ1v) is 4.79. The van der Waals surface area contributed by atoms with Crippen molar-refractivity contribution in [2.75, 3.05) is 39.1 Å². The molecule has 0 aliphatic heterocycles. The number of likely N-dealkylation sites (N-methyl/N-ethyl adjacent to an activating group) is 2. The molecule has 0 saturated heterocycles.